The SMILES string of the molecule is Cc1cccc(N2CCCN3C4C(=O)N(Cc5ccccc5C)C(=O)N(C)C4NC23)c1. The molecule has 3 aliphatic rings. The molecule has 3 atom stereocenters. The molecule has 2 aromatic rings. The molecule has 2 aromatic carbocycles. The molecule has 3 fully saturated rings. The molecular formula is C24H29N5O2. The quantitative estimate of drug-likeness (QED) is 0.828. The number of fused-ring (bicyclic) bond motifs is 3. The summed E-state index contributed by atoms with van der Waals surface area (Å²) < 4.78 is 0. The first-order valence-corrected chi connectivity index (χ1v) is 10.9. The zero-order valence-corrected chi connectivity index (χ0v) is 18.3. The van der Waals surface area contributed by atoms with E-state index in [9.17, 15) is 9.59 Å². The van der Waals surface area contributed by atoms with E-state index >= 15 is 0 Å². The van der Waals surface area contributed by atoms with Crippen LogP contribution in [0.3, 0.4) is 0 Å². The van der Waals surface area contributed by atoms with Crippen molar-refractivity contribution >= 4 is 17.6 Å². The number of amides is 3. The second kappa shape index (κ2) is 7.66. The van der Waals surface area contributed by atoms with Crippen LogP contribution in [-0.4, -0.2) is 65.3 Å². The van der Waals surface area contributed by atoms with Crippen molar-refractivity contribution in [3.63, 3.8) is 0 Å². The maximum Gasteiger partial charge on any atom is 0.328 e. The van der Waals surface area contributed by atoms with Crippen LogP contribution in [0.4, 0.5) is 10.5 Å². The van der Waals surface area contributed by atoms with E-state index < -0.39 is 0 Å². The fourth-order valence-electron chi connectivity index (χ4n) is 5.09. The summed E-state index contributed by atoms with van der Waals surface area (Å²) in [7, 11) is 1.79. The summed E-state index contributed by atoms with van der Waals surface area (Å²) in [6.45, 7) is 6.14. The van der Waals surface area contributed by atoms with E-state index in [1.165, 1.54) is 10.5 Å². The summed E-state index contributed by atoms with van der Waals surface area (Å²) in [6.07, 6.45) is 0.532. The summed E-state index contributed by atoms with van der Waals surface area (Å²) >= 11 is 0. The zero-order chi connectivity index (χ0) is 21.7. The molecule has 3 unspecified atom stereocenters. The fraction of sp³-hybridized carbons (Fsp3) is 0.417. The number of nitrogens with one attached hydrogen (secondary N) is 1. The van der Waals surface area contributed by atoms with E-state index in [2.05, 4.69) is 46.3 Å². The Bertz CT molecular complexity index is 1020. The molecule has 31 heavy (non-hydrogen) atoms. The van der Waals surface area contributed by atoms with E-state index in [0.29, 0.717) is 6.54 Å². The van der Waals surface area contributed by atoms with Crippen LogP contribution in [0.1, 0.15) is 23.1 Å². The van der Waals surface area contributed by atoms with Crippen molar-refractivity contribution in [2.24, 2.45) is 0 Å². The lowest BCUT2D eigenvalue weighted by Crippen LogP contribution is -2.66. The van der Waals surface area contributed by atoms with Crippen molar-refractivity contribution in [3.8, 4) is 0 Å². The van der Waals surface area contributed by atoms with Gasteiger partial charge >= 0.3 is 6.03 Å². The molecular weight excluding hydrogens is 390 g/mol. The van der Waals surface area contributed by atoms with Crippen molar-refractivity contribution in [2.75, 3.05) is 25.0 Å². The third kappa shape index (κ3) is 3.28. The molecule has 0 spiro atoms. The molecule has 162 valence electrons. The highest BCUT2D eigenvalue weighted by Gasteiger charge is 2.56. The highest BCUT2D eigenvalue weighted by molar-refractivity contribution is 6.00. The molecule has 7 nitrogen and oxygen atoms in total. The number of urea groups is 1. The molecule has 0 bridgehead atoms. The van der Waals surface area contributed by atoms with Crippen molar-refractivity contribution in [1.82, 2.24) is 20.0 Å². The monoisotopic (exact) mass is 419 g/mol. The van der Waals surface area contributed by atoms with E-state index in [1.807, 2.05) is 31.2 Å². The third-order valence-electron chi connectivity index (χ3n) is 6.79. The number of hydrogen-bond donors (Lipinski definition) is 1. The number of hydrogen-bond acceptors (Lipinski definition) is 5. The van der Waals surface area contributed by atoms with Gasteiger partial charge in [0.15, 0.2) is 0 Å². The van der Waals surface area contributed by atoms with Crippen LogP contribution in [0.5, 0.6) is 0 Å². The van der Waals surface area contributed by atoms with Crippen molar-refractivity contribution < 1.29 is 9.59 Å². The lowest BCUT2D eigenvalue weighted by atomic mass is 10.1. The lowest BCUT2D eigenvalue weighted by Gasteiger charge is -2.44. The Kier molecular flexibility index (Phi) is 4.95. The van der Waals surface area contributed by atoms with Gasteiger partial charge in [-0.2, -0.15) is 0 Å². The summed E-state index contributed by atoms with van der Waals surface area (Å²) in [4.78, 5) is 34.4. The lowest BCUT2D eigenvalue weighted by molar-refractivity contribution is -0.139. The largest absolute Gasteiger partial charge is 0.343 e. The Morgan fingerprint density at radius 2 is 1.84 bits per heavy atom. The average Bonchev–Trinajstić information content (AvgIpc) is 3.16. The van der Waals surface area contributed by atoms with Gasteiger partial charge in [0.2, 0.25) is 0 Å². The van der Waals surface area contributed by atoms with Crippen molar-refractivity contribution in [3.05, 3.63) is 65.2 Å². The third-order valence-corrected chi connectivity index (χ3v) is 6.79. The van der Waals surface area contributed by atoms with Gasteiger partial charge in [0.05, 0.1) is 6.54 Å². The summed E-state index contributed by atoms with van der Waals surface area (Å²) in [5.74, 6) is -0.113. The van der Waals surface area contributed by atoms with E-state index in [0.717, 1.165) is 36.3 Å². The van der Waals surface area contributed by atoms with Crippen LogP contribution < -0.4 is 10.2 Å². The number of nitrogens with zero attached hydrogens (tertiary/aromatic N) is 4. The van der Waals surface area contributed by atoms with Crippen molar-refractivity contribution in [2.45, 2.75) is 45.3 Å². The van der Waals surface area contributed by atoms with Crippen LogP contribution in [0.25, 0.3) is 0 Å². The Morgan fingerprint density at radius 1 is 1.03 bits per heavy atom. The van der Waals surface area contributed by atoms with Gasteiger partial charge in [0.1, 0.15) is 18.5 Å². The highest BCUT2D eigenvalue weighted by Crippen LogP contribution is 2.33. The number of likely N-dealkylation sites (N-methyl/N-ethyl adjacent to an activating group) is 1. The highest BCUT2D eigenvalue weighted by atomic mass is 16.2. The minimum Gasteiger partial charge on any atom is -0.343 e. The number of rotatable bonds is 3. The molecule has 7 heteroatoms. The molecule has 5 rings (SSSR count). The Balaban J connectivity index is 1.45. The van der Waals surface area contributed by atoms with Crippen LogP contribution in [0.2, 0.25) is 0 Å². The molecule has 0 saturated carbocycles. The second-order valence-electron chi connectivity index (χ2n) is 8.80. The first-order valence-electron chi connectivity index (χ1n) is 10.9. The van der Waals surface area contributed by atoms with Gasteiger partial charge in [-0.15, -0.1) is 0 Å². The smallest absolute Gasteiger partial charge is 0.328 e. The molecule has 3 amide bonds. The molecule has 3 saturated heterocycles. The van der Waals surface area contributed by atoms with Gasteiger partial charge in [-0.25, -0.2) is 4.79 Å². The minimum atomic E-state index is -0.385. The van der Waals surface area contributed by atoms with Gasteiger partial charge in [-0.3, -0.25) is 19.9 Å². The number of imide groups is 1. The molecule has 0 aliphatic carbocycles. The molecule has 0 radical (unpaired) electrons. The van der Waals surface area contributed by atoms with Gasteiger partial charge < -0.3 is 9.80 Å². The zero-order valence-electron chi connectivity index (χ0n) is 18.3. The number of benzene rings is 2. The molecule has 3 heterocycles. The fourth-order valence-corrected chi connectivity index (χ4v) is 5.09. The maximum atomic E-state index is 13.6. The van der Waals surface area contributed by atoms with E-state index in [1.54, 1.807) is 11.9 Å². The first-order chi connectivity index (χ1) is 15.0. The summed E-state index contributed by atoms with van der Waals surface area (Å²) in [5, 5.41) is 3.58. The molecule has 0 aromatic heterocycles. The van der Waals surface area contributed by atoms with Crippen LogP contribution in [0, 0.1) is 13.8 Å². The minimum absolute atomic E-state index is 0.108. The second-order valence-corrected chi connectivity index (χ2v) is 8.80. The van der Waals surface area contributed by atoms with E-state index in [4.69, 9.17) is 0 Å². The number of carbonyl (C=O) groups is 2. The Morgan fingerprint density at radius 3 is 2.61 bits per heavy atom. The topological polar surface area (TPSA) is 59.1 Å². The van der Waals surface area contributed by atoms with E-state index in [-0.39, 0.29) is 30.4 Å². The van der Waals surface area contributed by atoms with Crippen LogP contribution >= 0.6 is 0 Å². The average molecular weight is 420 g/mol. The van der Waals surface area contributed by atoms with Gasteiger partial charge in [0.25, 0.3) is 5.91 Å². The first kappa shape index (κ1) is 20.0. The molecule has 1 N–H and O–H groups in total. The van der Waals surface area contributed by atoms with Crippen molar-refractivity contribution in [1.29, 1.82) is 0 Å². The number of anilines is 1. The van der Waals surface area contributed by atoms with Gasteiger partial charge in [0, 0.05) is 25.8 Å². The number of carbonyl (C=O) groups excluding carboxylic acids is 2. The summed E-state index contributed by atoms with van der Waals surface area (Å²) in [6, 6.07) is 15.7. The van der Waals surface area contributed by atoms with Gasteiger partial charge in [-0.1, -0.05) is 36.4 Å². The Hall–Kier alpha value is -2.90. The Labute approximate surface area is 183 Å². The standard InChI is InChI=1S/C24H29N5O2/c1-16-8-6-11-19(14-16)27-12-7-13-28-20-21(25-23(27)28)26(3)24(31)29(22(20)30)15-18-10-5-4-9-17(18)2/h4-6,8-11,14,20-21,23,25H,7,12-13,15H2,1-3H3. The predicted molar refractivity (Wildman–Crippen MR) is 119 cm³/mol. The van der Waals surface area contributed by atoms with Crippen LogP contribution in [0.15, 0.2) is 48.5 Å². The van der Waals surface area contributed by atoms with Crippen LogP contribution in [-0.2, 0) is 11.3 Å². The van der Waals surface area contributed by atoms with Gasteiger partial charge in [-0.05, 0) is 49.1 Å². The number of aryl methyl sites for hydroxylation is 2. The molecule has 3 aliphatic heterocycles. The normalized spacial score (nSPS) is 26.3. The maximum absolute atomic E-state index is 13.6. The predicted octanol–water partition coefficient (Wildman–Crippen LogP) is 2.49. The summed E-state index contributed by atoms with van der Waals surface area (Å²) in [5.41, 5.74) is 4.43.